The molecule has 3 heteroatoms. The highest BCUT2D eigenvalue weighted by atomic mass is 32.1. The van der Waals surface area contributed by atoms with Crippen LogP contribution in [0.2, 0.25) is 0 Å². The van der Waals surface area contributed by atoms with Crippen LogP contribution < -0.4 is 5.32 Å². The molecule has 0 radical (unpaired) electrons. The van der Waals surface area contributed by atoms with E-state index in [1.165, 1.54) is 10.7 Å². The van der Waals surface area contributed by atoms with Crippen LogP contribution in [-0.4, -0.2) is 11.5 Å². The van der Waals surface area contributed by atoms with Crippen molar-refractivity contribution in [3.8, 4) is 0 Å². The van der Waals surface area contributed by atoms with Gasteiger partial charge in [-0.1, -0.05) is 27.7 Å². The molecule has 80 valence electrons. The Hall–Kier alpha value is -0.410. The molecule has 1 aromatic rings. The lowest BCUT2D eigenvalue weighted by Gasteiger charge is -2.15. The number of hydrogen-bond acceptors (Lipinski definition) is 3. The van der Waals surface area contributed by atoms with Gasteiger partial charge < -0.3 is 5.32 Å². The number of aromatic nitrogens is 1. The molecule has 0 aliphatic heterocycles. The molecule has 0 saturated carbocycles. The normalized spacial score (nSPS) is 12.0. The Bertz CT molecular complexity index is 273. The Labute approximate surface area is 90.8 Å². The molecule has 1 aromatic heterocycles. The van der Waals surface area contributed by atoms with Crippen LogP contribution in [0.25, 0.3) is 0 Å². The van der Waals surface area contributed by atoms with Crippen molar-refractivity contribution in [2.75, 3.05) is 6.54 Å². The van der Waals surface area contributed by atoms with E-state index in [4.69, 9.17) is 0 Å². The molecule has 2 nitrogen and oxygen atoms in total. The first-order valence-corrected chi connectivity index (χ1v) is 6.03. The summed E-state index contributed by atoms with van der Waals surface area (Å²) in [7, 11) is 0. The molecule has 0 bridgehead atoms. The molecule has 1 N–H and O–H groups in total. The topological polar surface area (TPSA) is 24.9 Å². The van der Waals surface area contributed by atoms with Gasteiger partial charge in [-0.3, -0.25) is 0 Å². The maximum atomic E-state index is 4.59. The average Bonchev–Trinajstić information content (AvgIpc) is 2.46. The molecule has 0 saturated heterocycles. The van der Waals surface area contributed by atoms with E-state index in [0.717, 1.165) is 19.5 Å². The molecule has 0 atom stereocenters. The van der Waals surface area contributed by atoms with Gasteiger partial charge in [0.1, 0.15) is 0 Å². The van der Waals surface area contributed by atoms with Crippen LogP contribution in [0.1, 0.15) is 38.4 Å². The van der Waals surface area contributed by atoms with Gasteiger partial charge in [-0.2, -0.15) is 0 Å². The molecule has 0 spiro atoms. The quantitative estimate of drug-likeness (QED) is 0.830. The molecule has 0 aliphatic carbocycles. The smallest absolute Gasteiger partial charge is 0.0934 e. The van der Waals surface area contributed by atoms with Crippen molar-refractivity contribution in [2.24, 2.45) is 5.41 Å². The van der Waals surface area contributed by atoms with Gasteiger partial charge in [0.15, 0.2) is 0 Å². The van der Waals surface area contributed by atoms with Crippen LogP contribution in [0.15, 0.2) is 5.38 Å². The number of thiazole rings is 1. The lowest BCUT2D eigenvalue weighted by molar-refractivity contribution is 0.410. The second-order valence-corrected chi connectivity index (χ2v) is 5.69. The standard InChI is InChI=1S/C11H20N2S/c1-5-12-7-9-8-14-10(13-9)6-11(2,3)4/h8,12H,5-7H2,1-4H3. The third-order valence-corrected chi connectivity index (χ3v) is 2.73. The summed E-state index contributed by atoms with van der Waals surface area (Å²) in [5.74, 6) is 0. The maximum absolute atomic E-state index is 4.59. The van der Waals surface area contributed by atoms with Crippen molar-refractivity contribution >= 4 is 11.3 Å². The molecule has 0 aromatic carbocycles. The SMILES string of the molecule is CCNCc1csc(CC(C)(C)C)n1. The maximum Gasteiger partial charge on any atom is 0.0934 e. The van der Waals surface area contributed by atoms with Crippen molar-refractivity contribution < 1.29 is 0 Å². The largest absolute Gasteiger partial charge is 0.311 e. The number of nitrogens with one attached hydrogen (secondary N) is 1. The van der Waals surface area contributed by atoms with Gasteiger partial charge in [0.05, 0.1) is 10.7 Å². The summed E-state index contributed by atoms with van der Waals surface area (Å²) in [6, 6.07) is 0. The zero-order valence-corrected chi connectivity index (χ0v) is 10.4. The van der Waals surface area contributed by atoms with E-state index in [0.29, 0.717) is 5.41 Å². The predicted octanol–water partition coefficient (Wildman–Crippen LogP) is 2.84. The average molecular weight is 212 g/mol. The van der Waals surface area contributed by atoms with Crippen LogP contribution in [0, 0.1) is 5.41 Å². The Morgan fingerprint density at radius 2 is 2.14 bits per heavy atom. The molecular weight excluding hydrogens is 192 g/mol. The molecule has 0 aliphatic rings. The highest BCUT2D eigenvalue weighted by molar-refractivity contribution is 7.09. The van der Waals surface area contributed by atoms with Crippen molar-refractivity contribution in [3.05, 3.63) is 16.1 Å². The monoisotopic (exact) mass is 212 g/mol. The molecule has 14 heavy (non-hydrogen) atoms. The zero-order chi connectivity index (χ0) is 10.6. The summed E-state index contributed by atoms with van der Waals surface area (Å²) in [5.41, 5.74) is 1.52. The van der Waals surface area contributed by atoms with E-state index in [1.807, 2.05) is 0 Å². The highest BCUT2D eigenvalue weighted by Gasteiger charge is 2.13. The van der Waals surface area contributed by atoms with Gasteiger partial charge in [0.2, 0.25) is 0 Å². The Morgan fingerprint density at radius 3 is 2.71 bits per heavy atom. The van der Waals surface area contributed by atoms with Gasteiger partial charge in [-0.15, -0.1) is 11.3 Å². The van der Waals surface area contributed by atoms with Gasteiger partial charge >= 0.3 is 0 Å². The number of hydrogen-bond donors (Lipinski definition) is 1. The summed E-state index contributed by atoms with van der Waals surface area (Å²) >= 11 is 1.78. The van der Waals surface area contributed by atoms with Gasteiger partial charge in [0, 0.05) is 18.3 Å². The first-order valence-electron chi connectivity index (χ1n) is 5.15. The summed E-state index contributed by atoms with van der Waals surface area (Å²) in [6.07, 6.45) is 1.07. The lowest BCUT2D eigenvalue weighted by Crippen LogP contribution is -2.12. The third kappa shape index (κ3) is 4.20. The molecule has 0 unspecified atom stereocenters. The highest BCUT2D eigenvalue weighted by Crippen LogP contribution is 2.22. The fraction of sp³-hybridized carbons (Fsp3) is 0.727. The van der Waals surface area contributed by atoms with E-state index in [2.05, 4.69) is 43.4 Å². The molecule has 1 heterocycles. The first kappa shape index (κ1) is 11.7. The summed E-state index contributed by atoms with van der Waals surface area (Å²) < 4.78 is 0. The van der Waals surface area contributed by atoms with Crippen molar-refractivity contribution in [3.63, 3.8) is 0 Å². The Balaban J connectivity index is 2.51. The second-order valence-electron chi connectivity index (χ2n) is 4.75. The summed E-state index contributed by atoms with van der Waals surface area (Å²) in [5, 5.41) is 6.70. The van der Waals surface area contributed by atoms with Crippen molar-refractivity contribution in [2.45, 2.75) is 40.7 Å². The van der Waals surface area contributed by atoms with E-state index >= 15 is 0 Å². The van der Waals surface area contributed by atoms with Crippen molar-refractivity contribution in [1.82, 2.24) is 10.3 Å². The van der Waals surface area contributed by atoms with E-state index in [1.54, 1.807) is 11.3 Å². The molecular formula is C11H20N2S. The Morgan fingerprint density at radius 1 is 1.43 bits per heavy atom. The number of rotatable bonds is 4. The van der Waals surface area contributed by atoms with Gasteiger partial charge in [-0.05, 0) is 12.0 Å². The minimum atomic E-state index is 0.341. The molecule has 0 amide bonds. The number of nitrogens with zero attached hydrogens (tertiary/aromatic N) is 1. The van der Waals surface area contributed by atoms with E-state index < -0.39 is 0 Å². The zero-order valence-electron chi connectivity index (χ0n) is 9.55. The first-order chi connectivity index (χ1) is 6.51. The predicted molar refractivity (Wildman–Crippen MR) is 62.7 cm³/mol. The van der Waals surface area contributed by atoms with Crippen LogP contribution in [-0.2, 0) is 13.0 Å². The van der Waals surface area contributed by atoms with E-state index in [9.17, 15) is 0 Å². The summed E-state index contributed by atoms with van der Waals surface area (Å²) in [4.78, 5) is 4.59. The minimum Gasteiger partial charge on any atom is -0.311 e. The fourth-order valence-electron chi connectivity index (χ4n) is 1.22. The second kappa shape index (κ2) is 4.89. The van der Waals surface area contributed by atoms with Gasteiger partial charge in [-0.25, -0.2) is 4.98 Å². The summed E-state index contributed by atoms with van der Waals surface area (Å²) in [6.45, 7) is 10.8. The van der Waals surface area contributed by atoms with Crippen LogP contribution in [0.3, 0.4) is 0 Å². The minimum absolute atomic E-state index is 0.341. The van der Waals surface area contributed by atoms with Gasteiger partial charge in [0.25, 0.3) is 0 Å². The molecule has 1 rings (SSSR count). The van der Waals surface area contributed by atoms with Crippen LogP contribution >= 0.6 is 11.3 Å². The van der Waals surface area contributed by atoms with E-state index in [-0.39, 0.29) is 0 Å². The van der Waals surface area contributed by atoms with Crippen LogP contribution in [0.4, 0.5) is 0 Å². The Kier molecular flexibility index (Phi) is 4.08. The van der Waals surface area contributed by atoms with Crippen LogP contribution in [0.5, 0.6) is 0 Å². The fourth-order valence-corrected chi connectivity index (χ4v) is 2.31. The third-order valence-electron chi connectivity index (χ3n) is 1.84. The molecule has 0 fully saturated rings. The lowest BCUT2D eigenvalue weighted by atomic mass is 9.93. The van der Waals surface area contributed by atoms with Crippen molar-refractivity contribution in [1.29, 1.82) is 0 Å².